The molecule has 1 heterocycles. The van der Waals surface area contributed by atoms with Crippen LogP contribution in [0.5, 0.6) is 0 Å². The van der Waals surface area contributed by atoms with E-state index < -0.39 is 5.91 Å². The van der Waals surface area contributed by atoms with E-state index >= 15 is 0 Å². The number of carbonyl (C=O) groups is 2. The van der Waals surface area contributed by atoms with E-state index in [0.29, 0.717) is 23.8 Å². The molecule has 1 aromatic heterocycles. The lowest BCUT2D eigenvalue weighted by molar-refractivity contribution is 0.0940. The second-order valence-corrected chi connectivity index (χ2v) is 8.13. The maximum Gasteiger partial charge on any atom is 0.316 e. The number of aryl methyl sites for hydroxylation is 1. The van der Waals surface area contributed by atoms with E-state index in [1.807, 2.05) is 30.3 Å². The molecular weight excluding hydrogens is 414 g/mol. The molecule has 0 atom stereocenters. The van der Waals surface area contributed by atoms with Gasteiger partial charge in [0.1, 0.15) is 5.69 Å². The number of aromatic nitrogens is 1. The lowest BCUT2D eigenvalue weighted by Gasteiger charge is -2.17. The van der Waals surface area contributed by atoms with E-state index in [-0.39, 0.29) is 11.5 Å². The zero-order valence-corrected chi connectivity index (χ0v) is 17.7. The third-order valence-electron chi connectivity index (χ3n) is 5.63. The molecule has 0 saturated carbocycles. The second-order valence-electron chi connectivity index (χ2n) is 7.70. The number of rotatable bonds is 6. The second kappa shape index (κ2) is 9.27. The lowest BCUT2D eigenvalue weighted by atomic mass is 9.98. The van der Waals surface area contributed by atoms with Crippen molar-refractivity contribution < 1.29 is 9.59 Å². The van der Waals surface area contributed by atoms with E-state index in [9.17, 15) is 14.5 Å². The van der Waals surface area contributed by atoms with E-state index in [2.05, 4.69) is 15.1 Å². The quantitative estimate of drug-likeness (QED) is 0.559. The number of benzene rings is 2. The molecular formula is C24H22ClN3O3. The van der Waals surface area contributed by atoms with Gasteiger partial charge in [0.15, 0.2) is 0 Å². The Morgan fingerprint density at radius 3 is 2.35 bits per heavy atom. The molecule has 0 fully saturated rings. The van der Waals surface area contributed by atoms with Crippen LogP contribution in [0.1, 0.15) is 56.1 Å². The number of fused-ring (bicyclic) bond motifs is 1. The Balaban J connectivity index is 1.53. The van der Waals surface area contributed by atoms with Gasteiger partial charge >= 0.3 is 5.91 Å². The van der Waals surface area contributed by atoms with Crippen LogP contribution in [-0.4, -0.2) is 16.4 Å². The number of hydrogen-bond donors (Lipinski definition) is 1. The average Bonchev–Trinajstić information content (AvgIpc) is 3.17. The first-order valence-corrected chi connectivity index (χ1v) is 10.6. The van der Waals surface area contributed by atoms with Gasteiger partial charge < -0.3 is 9.88 Å². The summed E-state index contributed by atoms with van der Waals surface area (Å²) >= 11 is 6.02. The first-order valence-electron chi connectivity index (χ1n) is 10.3. The number of hydrogen-bond acceptors (Lipinski definition) is 3. The molecule has 1 aliphatic carbocycles. The van der Waals surface area contributed by atoms with Crippen LogP contribution in [0.15, 0.2) is 59.8 Å². The van der Waals surface area contributed by atoms with Crippen molar-refractivity contribution in [2.75, 3.05) is 0 Å². The number of nitrogens with one attached hydrogen (secondary N) is 1. The van der Waals surface area contributed by atoms with Crippen LogP contribution in [-0.2, 0) is 25.9 Å². The highest BCUT2D eigenvalue weighted by Gasteiger charge is 2.22. The number of halogens is 1. The van der Waals surface area contributed by atoms with Gasteiger partial charge in [-0.05, 0) is 72.7 Å². The Bertz CT molecular complexity index is 1120. The fraction of sp³-hybridized carbons (Fsp3) is 0.250. The van der Waals surface area contributed by atoms with Crippen molar-refractivity contribution in [2.45, 2.75) is 38.8 Å². The highest BCUT2D eigenvalue weighted by atomic mass is 35.5. The van der Waals surface area contributed by atoms with Crippen LogP contribution < -0.4 is 5.32 Å². The Morgan fingerprint density at radius 1 is 0.968 bits per heavy atom. The lowest BCUT2D eigenvalue weighted by Crippen LogP contribution is -2.26. The van der Waals surface area contributed by atoms with Gasteiger partial charge in [-0.25, -0.2) is 0 Å². The third kappa shape index (κ3) is 4.75. The zero-order valence-electron chi connectivity index (χ0n) is 16.9. The minimum absolute atomic E-state index is 0.141. The fourth-order valence-electron chi connectivity index (χ4n) is 4.00. The number of nitrogens with zero attached hydrogens (tertiary/aromatic N) is 2. The van der Waals surface area contributed by atoms with Gasteiger partial charge in [-0.1, -0.05) is 35.9 Å². The minimum atomic E-state index is -0.804. The Hall–Kier alpha value is -3.25. The van der Waals surface area contributed by atoms with Gasteiger partial charge in [-0.15, -0.1) is 4.91 Å². The molecule has 158 valence electrons. The molecule has 0 unspecified atom stereocenters. The van der Waals surface area contributed by atoms with Crippen LogP contribution in [0.3, 0.4) is 0 Å². The molecule has 1 N–H and O–H groups in total. The molecule has 0 spiro atoms. The SMILES string of the molecule is O=NC(=O)c1ccc(CNC(=O)c2cc3c(n2Cc2ccc(Cl)cc2)CCCC3)cc1. The van der Waals surface area contributed by atoms with E-state index in [4.69, 9.17) is 11.6 Å². The van der Waals surface area contributed by atoms with Crippen molar-refractivity contribution in [1.29, 1.82) is 0 Å². The minimum Gasteiger partial charge on any atom is -0.347 e. The van der Waals surface area contributed by atoms with Crippen LogP contribution in [0.25, 0.3) is 0 Å². The van der Waals surface area contributed by atoms with Gasteiger partial charge in [0.05, 0.1) is 0 Å². The highest BCUT2D eigenvalue weighted by Crippen LogP contribution is 2.26. The number of carbonyl (C=O) groups excluding carboxylic acids is 2. The topological polar surface area (TPSA) is 80.5 Å². The van der Waals surface area contributed by atoms with Crippen molar-refractivity contribution in [3.8, 4) is 0 Å². The Labute approximate surface area is 185 Å². The van der Waals surface area contributed by atoms with Crippen molar-refractivity contribution in [1.82, 2.24) is 9.88 Å². The maximum absolute atomic E-state index is 13.1. The number of amides is 2. The maximum atomic E-state index is 13.1. The molecule has 6 nitrogen and oxygen atoms in total. The Kier molecular flexibility index (Phi) is 6.28. The molecule has 31 heavy (non-hydrogen) atoms. The van der Waals surface area contributed by atoms with E-state index in [1.165, 1.54) is 23.4 Å². The predicted octanol–water partition coefficient (Wildman–Crippen LogP) is 4.91. The molecule has 4 rings (SSSR count). The summed E-state index contributed by atoms with van der Waals surface area (Å²) in [5, 5.41) is 6.07. The average molecular weight is 436 g/mol. The standard InChI is InChI=1S/C24H22ClN3O3/c25-20-11-7-17(8-12-20)15-28-21-4-2-1-3-19(21)13-22(28)24(30)26-14-16-5-9-18(10-6-16)23(29)27-31/h5-13H,1-4,14-15H2,(H,26,30). The fourth-order valence-corrected chi connectivity index (χ4v) is 4.12. The molecule has 3 aromatic rings. The smallest absolute Gasteiger partial charge is 0.316 e. The highest BCUT2D eigenvalue weighted by molar-refractivity contribution is 6.30. The molecule has 7 heteroatoms. The first-order chi connectivity index (χ1) is 15.0. The molecule has 2 amide bonds. The summed E-state index contributed by atoms with van der Waals surface area (Å²) in [6.07, 6.45) is 4.22. The third-order valence-corrected chi connectivity index (χ3v) is 5.88. The molecule has 0 radical (unpaired) electrons. The monoisotopic (exact) mass is 435 g/mol. The van der Waals surface area contributed by atoms with Crippen LogP contribution >= 0.6 is 11.6 Å². The summed E-state index contributed by atoms with van der Waals surface area (Å²) in [5.74, 6) is -0.945. The van der Waals surface area contributed by atoms with Gasteiger partial charge in [0.25, 0.3) is 5.91 Å². The van der Waals surface area contributed by atoms with Crippen molar-refractivity contribution in [2.24, 2.45) is 5.18 Å². The Morgan fingerprint density at radius 2 is 1.65 bits per heavy atom. The van der Waals surface area contributed by atoms with E-state index in [1.54, 1.807) is 12.1 Å². The normalized spacial score (nSPS) is 12.8. The van der Waals surface area contributed by atoms with Gasteiger partial charge in [-0.2, -0.15) is 0 Å². The van der Waals surface area contributed by atoms with Crippen LogP contribution in [0.4, 0.5) is 0 Å². The summed E-state index contributed by atoms with van der Waals surface area (Å²) in [7, 11) is 0. The first kappa shape index (κ1) is 21.0. The number of nitroso groups, excluding NO2 is 1. The van der Waals surface area contributed by atoms with Crippen LogP contribution in [0.2, 0.25) is 5.02 Å². The summed E-state index contributed by atoms with van der Waals surface area (Å²) in [6.45, 7) is 0.934. The predicted molar refractivity (Wildman–Crippen MR) is 119 cm³/mol. The van der Waals surface area contributed by atoms with E-state index in [0.717, 1.165) is 36.8 Å². The summed E-state index contributed by atoms with van der Waals surface area (Å²) in [6, 6.07) is 16.2. The van der Waals surface area contributed by atoms with Crippen molar-refractivity contribution >= 4 is 23.4 Å². The molecule has 2 aromatic carbocycles. The molecule has 0 aliphatic heterocycles. The summed E-state index contributed by atoms with van der Waals surface area (Å²) in [4.78, 5) is 34.7. The van der Waals surface area contributed by atoms with Crippen molar-refractivity contribution in [3.05, 3.63) is 98.2 Å². The summed E-state index contributed by atoms with van der Waals surface area (Å²) in [5.41, 5.74) is 5.28. The zero-order chi connectivity index (χ0) is 21.8. The van der Waals surface area contributed by atoms with Gasteiger partial charge in [-0.3, -0.25) is 9.59 Å². The van der Waals surface area contributed by atoms with Crippen LogP contribution in [0, 0.1) is 4.91 Å². The molecule has 0 saturated heterocycles. The van der Waals surface area contributed by atoms with Crippen molar-refractivity contribution in [3.63, 3.8) is 0 Å². The summed E-state index contributed by atoms with van der Waals surface area (Å²) < 4.78 is 2.12. The van der Waals surface area contributed by atoms with Gasteiger partial charge in [0, 0.05) is 34.5 Å². The van der Waals surface area contributed by atoms with Gasteiger partial charge in [0.2, 0.25) is 0 Å². The largest absolute Gasteiger partial charge is 0.347 e. The molecule has 0 bridgehead atoms. The molecule has 1 aliphatic rings.